The summed E-state index contributed by atoms with van der Waals surface area (Å²) in [7, 11) is 0. The summed E-state index contributed by atoms with van der Waals surface area (Å²) in [5.41, 5.74) is 4.66. The quantitative estimate of drug-likeness (QED) is 0.663. The average molecular weight is 258 g/mol. The number of aliphatic hydroxyl groups excluding tert-OH is 1. The van der Waals surface area contributed by atoms with Gasteiger partial charge in [0.2, 0.25) is 11.8 Å². The zero-order valence-electron chi connectivity index (χ0n) is 9.32. The molecule has 0 aliphatic carbocycles. The third-order valence-electron chi connectivity index (χ3n) is 2.20. The summed E-state index contributed by atoms with van der Waals surface area (Å²) < 4.78 is 26.1. The van der Waals surface area contributed by atoms with E-state index in [1.807, 2.05) is 0 Å². The Morgan fingerprint density at radius 1 is 1.39 bits per heavy atom. The highest BCUT2D eigenvalue weighted by Gasteiger charge is 2.14. The van der Waals surface area contributed by atoms with Crippen LogP contribution in [0.4, 0.5) is 8.78 Å². The van der Waals surface area contributed by atoms with Crippen LogP contribution in [0.5, 0.6) is 0 Å². The molecule has 0 saturated heterocycles. The Morgan fingerprint density at radius 2 is 2.06 bits per heavy atom. The van der Waals surface area contributed by atoms with Gasteiger partial charge in [-0.05, 0) is 6.07 Å². The lowest BCUT2D eigenvalue weighted by atomic mass is 10.1. The van der Waals surface area contributed by atoms with Gasteiger partial charge >= 0.3 is 0 Å². The predicted molar refractivity (Wildman–Crippen MR) is 58.3 cm³/mol. The summed E-state index contributed by atoms with van der Waals surface area (Å²) in [4.78, 5) is 21.8. The number of benzene rings is 1. The van der Waals surface area contributed by atoms with Crippen LogP contribution in [-0.4, -0.2) is 29.6 Å². The second kappa shape index (κ2) is 6.06. The Labute approximate surface area is 102 Å². The van der Waals surface area contributed by atoms with Crippen molar-refractivity contribution in [2.45, 2.75) is 12.5 Å². The molecule has 1 rings (SSSR count). The van der Waals surface area contributed by atoms with E-state index in [1.165, 1.54) is 12.1 Å². The molecule has 1 atom stereocenters. The molecule has 0 heterocycles. The molecule has 1 unspecified atom stereocenters. The van der Waals surface area contributed by atoms with E-state index >= 15 is 0 Å². The van der Waals surface area contributed by atoms with Crippen LogP contribution in [0.1, 0.15) is 5.56 Å². The molecule has 0 aliphatic heterocycles. The van der Waals surface area contributed by atoms with Crippen molar-refractivity contribution in [1.82, 2.24) is 5.32 Å². The van der Waals surface area contributed by atoms with Gasteiger partial charge in [0.25, 0.3) is 0 Å². The van der Waals surface area contributed by atoms with Gasteiger partial charge in [-0.2, -0.15) is 0 Å². The van der Waals surface area contributed by atoms with E-state index in [-0.39, 0.29) is 12.1 Å². The van der Waals surface area contributed by atoms with Crippen molar-refractivity contribution in [3.05, 3.63) is 35.4 Å². The highest BCUT2D eigenvalue weighted by Crippen LogP contribution is 2.11. The lowest BCUT2D eigenvalue weighted by Crippen LogP contribution is -2.40. The number of amides is 2. The van der Waals surface area contributed by atoms with Crippen LogP contribution < -0.4 is 11.1 Å². The van der Waals surface area contributed by atoms with Gasteiger partial charge in [-0.15, -0.1) is 0 Å². The molecule has 0 radical (unpaired) electrons. The molecule has 1 aromatic rings. The number of aliphatic hydroxyl groups is 1. The van der Waals surface area contributed by atoms with Crippen LogP contribution in [0.15, 0.2) is 18.2 Å². The average Bonchev–Trinajstić information content (AvgIpc) is 2.32. The SMILES string of the molecule is NC(=O)C(O)CNC(=O)Cc1cccc(F)c1F. The maximum atomic E-state index is 13.2. The zero-order chi connectivity index (χ0) is 13.7. The fourth-order valence-corrected chi connectivity index (χ4v) is 1.23. The molecule has 1 aromatic carbocycles. The molecule has 0 aliphatic rings. The minimum Gasteiger partial charge on any atom is -0.381 e. The second-order valence-electron chi connectivity index (χ2n) is 3.61. The summed E-state index contributed by atoms with van der Waals surface area (Å²) in [5.74, 6) is -3.77. The number of rotatable bonds is 5. The van der Waals surface area contributed by atoms with Gasteiger partial charge in [0.05, 0.1) is 13.0 Å². The first-order valence-electron chi connectivity index (χ1n) is 5.08. The van der Waals surface area contributed by atoms with Crippen LogP contribution in [0.25, 0.3) is 0 Å². The molecule has 5 nitrogen and oxygen atoms in total. The minimum atomic E-state index is -1.51. The summed E-state index contributed by atoms with van der Waals surface area (Å²) in [6.07, 6.45) is -1.90. The predicted octanol–water partition coefficient (Wildman–Crippen LogP) is -0.530. The van der Waals surface area contributed by atoms with Crippen molar-refractivity contribution in [2.24, 2.45) is 5.73 Å². The van der Waals surface area contributed by atoms with E-state index in [0.717, 1.165) is 6.07 Å². The van der Waals surface area contributed by atoms with Crippen LogP contribution >= 0.6 is 0 Å². The summed E-state index contributed by atoms with van der Waals surface area (Å²) in [5, 5.41) is 11.2. The van der Waals surface area contributed by atoms with Gasteiger partial charge in [-0.25, -0.2) is 8.78 Å². The smallest absolute Gasteiger partial charge is 0.248 e. The van der Waals surface area contributed by atoms with Crippen molar-refractivity contribution in [2.75, 3.05) is 6.54 Å². The van der Waals surface area contributed by atoms with Gasteiger partial charge in [0, 0.05) is 5.56 Å². The number of primary amides is 1. The standard InChI is InChI=1S/C11H12F2N2O3/c12-7-3-1-2-6(10(7)13)4-9(17)15-5-8(16)11(14)18/h1-3,8,16H,4-5H2,(H2,14,18)(H,15,17). The third kappa shape index (κ3) is 3.77. The molecule has 0 aromatic heterocycles. The molecule has 0 saturated carbocycles. The number of halogens is 2. The zero-order valence-corrected chi connectivity index (χ0v) is 9.32. The largest absolute Gasteiger partial charge is 0.381 e. The first kappa shape index (κ1) is 14.0. The van der Waals surface area contributed by atoms with Gasteiger partial charge in [-0.1, -0.05) is 12.1 Å². The van der Waals surface area contributed by atoms with Gasteiger partial charge in [0.15, 0.2) is 11.6 Å². The summed E-state index contributed by atoms with van der Waals surface area (Å²) in [6.45, 7) is -0.370. The van der Waals surface area contributed by atoms with Crippen molar-refractivity contribution in [3.63, 3.8) is 0 Å². The Hall–Kier alpha value is -2.02. The van der Waals surface area contributed by atoms with Crippen LogP contribution in [0.3, 0.4) is 0 Å². The van der Waals surface area contributed by atoms with Crippen molar-refractivity contribution < 1.29 is 23.5 Å². The second-order valence-corrected chi connectivity index (χ2v) is 3.61. The molecule has 4 N–H and O–H groups in total. The minimum absolute atomic E-state index is 0.110. The number of carbonyl (C=O) groups is 2. The van der Waals surface area contributed by atoms with Crippen LogP contribution in [0.2, 0.25) is 0 Å². The van der Waals surface area contributed by atoms with E-state index < -0.39 is 36.0 Å². The van der Waals surface area contributed by atoms with E-state index in [0.29, 0.717) is 0 Å². The maximum absolute atomic E-state index is 13.2. The lowest BCUT2D eigenvalue weighted by Gasteiger charge is -2.09. The van der Waals surface area contributed by atoms with Gasteiger partial charge < -0.3 is 16.2 Å². The molecule has 0 spiro atoms. The fraction of sp³-hybridized carbons (Fsp3) is 0.273. The highest BCUT2D eigenvalue weighted by atomic mass is 19.2. The third-order valence-corrected chi connectivity index (χ3v) is 2.20. The molecule has 98 valence electrons. The van der Waals surface area contributed by atoms with E-state index in [4.69, 9.17) is 10.8 Å². The van der Waals surface area contributed by atoms with Crippen molar-refractivity contribution >= 4 is 11.8 Å². The molecule has 0 bridgehead atoms. The van der Waals surface area contributed by atoms with E-state index in [9.17, 15) is 18.4 Å². The fourth-order valence-electron chi connectivity index (χ4n) is 1.23. The number of nitrogens with one attached hydrogen (secondary N) is 1. The van der Waals surface area contributed by atoms with Gasteiger partial charge in [-0.3, -0.25) is 9.59 Å². The number of hydrogen-bond acceptors (Lipinski definition) is 3. The molecular formula is C11H12F2N2O3. The Balaban J connectivity index is 2.55. The highest BCUT2D eigenvalue weighted by molar-refractivity contribution is 5.81. The Kier molecular flexibility index (Phi) is 4.73. The maximum Gasteiger partial charge on any atom is 0.248 e. The summed E-state index contributed by atoms with van der Waals surface area (Å²) >= 11 is 0. The van der Waals surface area contributed by atoms with E-state index in [1.54, 1.807) is 0 Å². The van der Waals surface area contributed by atoms with Crippen LogP contribution in [-0.2, 0) is 16.0 Å². The van der Waals surface area contributed by atoms with Gasteiger partial charge in [0.1, 0.15) is 6.10 Å². The lowest BCUT2D eigenvalue weighted by molar-refractivity contribution is -0.126. The van der Waals surface area contributed by atoms with Crippen LogP contribution in [0, 0.1) is 11.6 Å². The first-order chi connectivity index (χ1) is 8.41. The monoisotopic (exact) mass is 258 g/mol. The Bertz CT molecular complexity index is 466. The summed E-state index contributed by atoms with van der Waals surface area (Å²) in [6, 6.07) is 3.48. The molecule has 0 fully saturated rings. The molecular weight excluding hydrogens is 246 g/mol. The first-order valence-corrected chi connectivity index (χ1v) is 5.08. The Morgan fingerprint density at radius 3 is 2.67 bits per heavy atom. The van der Waals surface area contributed by atoms with E-state index in [2.05, 4.69) is 5.32 Å². The molecule has 18 heavy (non-hydrogen) atoms. The number of carbonyl (C=O) groups excluding carboxylic acids is 2. The normalized spacial score (nSPS) is 11.9. The molecule has 7 heteroatoms. The number of hydrogen-bond donors (Lipinski definition) is 3. The van der Waals surface area contributed by atoms with Crippen molar-refractivity contribution in [3.8, 4) is 0 Å². The van der Waals surface area contributed by atoms with Crippen molar-refractivity contribution in [1.29, 1.82) is 0 Å². The topological polar surface area (TPSA) is 92.4 Å². The molecule has 2 amide bonds. The number of nitrogens with two attached hydrogens (primary N) is 1.